The lowest BCUT2D eigenvalue weighted by atomic mass is 9.81. The minimum Gasteiger partial charge on any atom is -0.494 e. The van der Waals surface area contributed by atoms with Gasteiger partial charge in [-0.1, -0.05) is 24.3 Å². The number of hydrogen-bond acceptors (Lipinski definition) is 10. The summed E-state index contributed by atoms with van der Waals surface area (Å²) < 4.78 is 34.4. The molecule has 0 amide bonds. The van der Waals surface area contributed by atoms with Crippen LogP contribution in [0.25, 0.3) is 0 Å². The van der Waals surface area contributed by atoms with Gasteiger partial charge in [0.05, 0.1) is 24.2 Å². The van der Waals surface area contributed by atoms with Crippen LogP contribution >= 0.6 is 0 Å². The van der Waals surface area contributed by atoms with Gasteiger partial charge in [0.25, 0.3) is 0 Å². The number of carbonyl (C=O) groups excluding carboxylic acids is 3. The summed E-state index contributed by atoms with van der Waals surface area (Å²) in [7, 11) is -0.739. The third kappa shape index (κ3) is 12.4. The van der Waals surface area contributed by atoms with Crippen LogP contribution in [0.2, 0.25) is 19.6 Å². The highest BCUT2D eigenvalue weighted by Gasteiger charge is 2.50. The Labute approximate surface area is 256 Å². The van der Waals surface area contributed by atoms with E-state index in [2.05, 4.69) is 0 Å². The first-order valence-electron chi connectivity index (χ1n) is 14.6. The zero-order valence-corrected chi connectivity index (χ0v) is 27.7. The first-order valence-corrected chi connectivity index (χ1v) is 18.0. The van der Waals surface area contributed by atoms with E-state index in [9.17, 15) is 19.5 Å². The number of allylic oxidation sites excluding steroid dienone is 1. The molecule has 0 aliphatic heterocycles. The topological polar surface area (TPSA) is 127 Å². The fourth-order valence-electron chi connectivity index (χ4n) is 4.87. The van der Waals surface area contributed by atoms with Gasteiger partial charge in [-0.25, -0.2) is 0 Å². The average molecular weight is 621 g/mol. The fourth-order valence-corrected chi connectivity index (χ4v) is 6.31. The van der Waals surface area contributed by atoms with Gasteiger partial charge in [-0.05, 0) is 83.1 Å². The Balaban J connectivity index is 2.28. The molecule has 1 aromatic rings. The Bertz CT molecular complexity index is 1110. The maximum Gasteiger partial charge on any atom is 0.303 e. The molecule has 0 spiro atoms. The van der Waals surface area contributed by atoms with Crippen LogP contribution in [0.1, 0.15) is 47.0 Å². The van der Waals surface area contributed by atoms with E-state index in [1.165, 1.54) is 39.2 Å². The molecule has 1 aliphatic carbocycles. The quantitative estimate of drug-likeness (QED) is 0.0807. The van der Waals surface area contributed by atoms with Gasteiger partial charge in [0.1, 0.15) is 24.6 Å². The minimum absolute atomic E-state index is 0.238. The van der Waals surface area contributed by atoms with Crippen molar-refractivity contribution in [3.63, 3.8) is 0 Å². The largest absolute Gasteiger partial charge is 0.494 e. The molecular weight excluding hydrogens is 572 g/mol. The predicted octanol–water partition coefficient (Wildman–Crippen LogP) is 4.76. The van der Waals surface area contributed by atoms with Gasteiger partial charge in [-0.15, -0.1) is 0 Å². The van der Waals surface area contributed by atoms with E-state index in [0.29, 0.717) is 19.4 Å². The van der Waals surface area contributed by atoms with Crippen LogP contribution in [0, 0.1) is 5.92 Å². The third-order valence-corrected chi connectivity index (χ3v) is 7.71. The molecule has 240 valence electrons. The average Bonchev–Trinajstić information content (AvgIpc) is 3.22. The normalized spacial score (nSPS) is 21.0. The number of ether oxygens (including phenoxy) is 5. The summed E-state index contributed by atoms with van der Waals surface area (Å²) in [5, 5.41) is 11.4. The molecule has 1 aromatic carbocycles. The van der Waals surface area contributed by atoms with Gasteiger partial charge >= 0.3 is 11.9 Å². The first kappa shape index (κ1) is 36.4. The molecule has 10 nitrogen and oxygen atoms in total. The Morgan fingerprint density at radius 1 is 1.07 bits per heavy atom. The Hall–Kier alpha value is -2.83. The SMILES string of the molecule is COC(C)(C)OC(COC(C)=O)C(C=CC(O)C1C(=O)C=CC1(CCCCOc1ccccc1)O[Si](C)(C)C)OC(C)=O. The molecule has 0 saturated heterocycles. The van der Waals surface area contributed by atoms with Crippen LogP contribution in [-0.2, 0) is 37.8 Å². The van der Waals surface area contributed by atoms with Crippen molar-refractivity contribution in [1.82, 2.24) is 0 Å². The van der Waals surface area contributed by atoms with Crippen molar-refractivity contribution >= 4 is 26.0 Å². The first-order chi connectivity index (χ1) is 20.1. The summed E-state index contributed by atoms with van der Waals surface area (Å²) in [6.45, 7) is 12.2. The molecule has 2 rings (SSSR count). The number of para-hydroxylation sites is 1. The van der Waals surface area contributed by atoms with E-state index in [1.54, 1.807) is 19.9 Å². The monoisotopic (exact) mass is 620 g/mol. The van der Waals surface area contributed by atoms with Crippen molar-refractivity contribution in [2.45, 2.75) is 96.3 Å². The highest BCUT2D eigenvalue weighted by atomic mass is 28.4. The maximum atomic E-state index is 13.2. The molecule has 1 N–H and O–H groups in total. The molecule has 43 heavy (non-hydrogen) atoms. The van der Waals surface area contributed by atoms with E-state index in [1.807, 2.05) is 50.0 Å². The third-order valence-electron chi connectivity index (χ3n) is 6.72. The van der Waals surface area contributed by atoms with Crippen LogP contribution in [0.5, 0.6) is 5.75 Å². The number of ketones is 1. The lowest BCUT2D eigenvalue weighted by molar-refractivity contribution is -0.246. The van der Waals surface area contributed by atoms with Gasteiger partial charge in [-0.3, -0.25) is 14.4 Å². The summed E-state index contributed by atoms with van der Waals surface area (Å²) in [5.74, 6) is -2.63. The molecule has 0 radical (unpaired) electrons. The summed E-state index contributed by atoms with van der Waals surface area (Å²) in [5.41, 5.74) is -1.01. The molecule has 11 heteroatoms. The number of methoxy groups -OCH3 is 1. The second kappa shape index (κ2) is 16.3. The molecule has 1 aliphatic rings. The number of unbranched alkanes of at least 4 members (excludes halogenated alkanes) is 1. The van der Waals surface area contributed by atoms with Crippen molar-refractivity contribution in [2.75, 3.05) is 20.3 Å². The van der Waals surface area contributed by atoms with Gasteiger partial charge in [0.15, 0.2) is 19.9 Å². The number of carbonyl (C=O) groups is 3. The van der Waals surface area contributed by atoms with Crippen LogP contribution < -0.4 is 4.74 Å². The van der Waals surface area contributed by atoms with Gasteiger partial charge in [0, 0.05) is 21.0 Å². The number of hydrogen-bond donors (Lipinski definition) is 1. The van der Waals surface area contributed by atoms with Crippen molar-refractivity contribution in [3.8, 4) is 5.75 Å². The van der Waals surface area contributed by atoms with Crippen molar-refractivity contribution in [2.24, 2.45) is 5.92 Å². The molecule has 0 bridgehead atoms. The fraction of sp³-hybridized carbons (Fsp3) is 0.594. The molecule has 0 fully saturated rings. The van der Waals surface area contributed by atoms with Gasteiger partial charge in [0.2, 0.25) is 0 Å². The number of aliphatic hydroxyl groups excluding tert-OH is 1. The smallest absolute Gasteiger partial charge is 0.303 e. The minimum atomic E-state index is -2.19. The second-order valence-electron chi connectivity index (χ2n) is 12.0. The second-order valence-corrected chi connectivity index (χ2v) is 16.4. The zero-order valence-electron chi connectivity index (χ0n) is 26.7. The van der Waals surface area contributed by atoms with Crippen LogP contribution in [-0.4, -0.2) is 81.2 Å². The van der Waals surface area contributed by atoms with E-state index in [4.69, 9.17) is 28.1 Å². The number of esters is 2. The van der Waals surface area contributed by atoms with E-state index in [-0.39, 0.29) is 12.4 Å². The van der Waals surface area contributed by atoms with E-state index < -0.39 is 55.9 Å². The molecule has 0 saturated carbocycles. The van der Waals surface area contributed by atoms with Crippen molar-refractivity contribution in [1.29, 1.82) is 0 Å². The van der Waals surface area contributed by atoms with Crippen LogP contribution in [0.3, 0.4) is 0 Å². The Morgan fingerprint density at radius 2 is 1.74 bits per heavy atom. The van der Waals surface area contributed by atoms with Crippen LogP contribution in [0.15, 0.2) is 54.6 Å². The lowest BCUT2D eigenvalue weighted by Gasteiger charge is -2.40. The standard InChI is InChI=1S/C32H48O10Si/c1-23(33)39-22-29(41-31(3,4)37-5)28(40-24(2)34)17-16-26(35)30-27(36)18-20-32(30,42-43(6,7)8)19-12-13-21-38-25-14-10-9-11-15-25/h9-11,14-18,20,26,28-30,35H,12-13,19,21-22H2,1-8H3. The van der Waals surface area contributed by atoms with Gasteiger partial charge < -0.3 is 33.2 Å². The molecule has 5 unspecified atom stereocenters. The molecule has 0 aromatic heterocycles. The number of aliphatic hydroxyl groups is 1. The highest BCUT2D eigenvalue weighted by Crippen LogP contribution is 2.40. The van der Waals surface area contributed by atoms with E-state index >= 15 is 0 Å². The maximum absolute atomic E-state index is 13.2. The zero-order chi connectivity index (χ0) is 32.3. The highest BCUT2D eigenvalue weighted by molar-refractivity contribution is 6.69. The predicted molar refractivity (Wildman–Crippen MR) is 164 cm³/mol. The summed E-state index contributed by atoms with van der Waals surface area (Å²) in [4.78, 5) is 36.8. The Morgan fingerprint density at radius 3 is 2.33 bits per heavy atom. The van der Waals surface area contributed by atoms with Crippen molar-refractivity contribution in [3.05, 3.63) is 54.6 Å². The molecular formula is C32H48O10Si. The number of rotatable bonds is 18. The van der Waals surface area contributed by atoms with Crippen molar-refractivity contribution < 1.29 is 47.6 Å². The summed E-state index contributed by atoms with van der Waals surface area (Å²) >= 11 is 0. The lowest BCUT2D eigenvalue weighted by Crippen LogP contribution is -2.50. The van der Waals surface area contributed by atoms with Gasteiger partial charge in [-0.2, -0.15) is 0 Å². The summed E-state index contributed by atoms with van der Waals surface area (Å²) in [6, 6.07) is 9.54. The Kier molecular flexibility index (Phi) is 13.8. The molecule has 0 heterocycles. The molecule has 5 atom stereocenters. The van der Waals surface area contributed by atoms with E-state index in [0.717, 1.165) is 12.2 Å². The summed E-state index contributed by atoms with van der Waals surface area (Å²) in [6.07, 6.45) is 4.73. The number of benzene rings is 1. The van der Waals surface area contributed by atoms with Crippen LogP contribution in [0.4, 0.5) is 0 Å².